The second-order valence-corrected chi connectivity index (χ2v) is 6.70. The van der Waals surface area contributed by atoms with Gasteiger partial charge in [0.1, 0.15) is 5.75 Å². The maximum atomic E-state index is 5.45. The maximum Gasteiger partial charge on any atom is 0.241 e. The molecule has 26 heavy (non-hydrogen) atoms. The van der Waals surface area contributed by atoms with E-state index in [0.29, 0.717) is 17.8 Å². The van der Waals surface area contributed by atoms with E-state index in [4.69, 9.17) is 9.26 Å². The van der Waals surface area contributed by atoms with E-state index in [1.54, 1.807) is 7.11 Å². The minimum Gasteiger partial charge on any atom is -0.497 e. The van der Waals surface area contributed by atoms with Gasteiger partial charge in [0.15, 0.2) is 0 Å². The minimum absolute atomic E-state index is 0. The van der Waals surface area contributed by atoms with Crippen LogP contribution in [-0.4, -0.2) is 72.4 Å². The molecule has 1 aromatic carbocycles. The Bertz CT molecular complexity index is 679. The molecule has 2 fully saturated rings. The van der Waals surface area contributed by atoms with Crippen LogP contribution in [0.25, 0.3) is 11.4 Å². The Kier molecular flexibility index (Phi) is 6.48. The molecule has 1 atom stereocenters. The van der Waals surface area contributed by atoms with Crippen molar-refractivity contribution in [2.24, 2.45) is 0 Å². The van der Waals surface area contributed by atoms with E-state index in [1.165, 1.54) is 6.42 Å². The van der Waals surface area contributed by atoms with E-state index in [9.17, 15) is 0 Å². The molecule has 2 aliphatic heterocycles. The first-order valence-corrected chi connectivity index (χ1v) is 8.96. The number of rotatable bonds is 5. The molecule has 1 aromatic heterocycles. The van der Waals surface area contributed by atoms with Gasteiger partial charge in [-0.2, -0.15) is 4.98 Å². The summed E-state index contributed by atoms with van der Waals surface area (Å²) in [6.45, 7) is 7.35. The van der Waals surface area contributed by atoms with Crippen molar-refractivity contribution in [3.63, 3.8) is 0 Å². The van der Waals surface area contributed by atoms with Crippen molar-refractivity contribution in [1.82, 2.24) is 25.3 Å². The molecule has 0 bridgehead atoms. The molecule has 1 N–H and O–H groups in total. The van der Waals surface area contributed by atoms with E-state index < -0.39 is 0 Å². The normalized spacial score (nSPS) is 21.5. The molecular weight excluding hydrogens is 354 g/mol. The van der Waals surface area contributed by atoms with Crippen LogP contribution in [0.3, 0.4) is 0 Å². The number of hydrogen-bond donors (Lipinski definition) is 1. The number of halogens is 1. The third-order valence-electron chi connectivity index (χ3n) is 5.13. The van der Waals surface area contributed by atoms with Gasteiger partial charge in [-0.1, -0.05) is 5.16 Å². The molecule has 2 aliphatic rings. The monoisotopic (exact) mass is 379 g/mol. The highest BCUT2D eigenvalue weighted by atomic mass is 35.5. The third kappa shape index (κ3) is 4.35. The Morgan fingerprint density at radius 1 is 1.19 bits per heavy atom. The summed E-state index contributed by atoms with van der Waals surface area (Å²) in [5.74, 6) is 2.14. The van der Waals surface area contributed by atoms with E-state index >= 15 is 0 Å². The van der Waals surface area contributed by atoms with Crippen LogP contribution in [0.4, 0.5) is 0 Å². The first-order chi connectivity index (χ1) is 12.3. The summed E-state index contributed by atoms with van der Waals surface area (Å²) in [5.41, 5.74) is 0.939. The van der Waals surface area contributed by atoms with Crippen LogP contribution in [0.5, 0.6) is 5.75 Å². The highest BCUT2D eigenvalue weighted by Gasteiger charge is 2.26. The predicted molar refractivity (Wildman–Crippen MR) is 102 cm³/mol. The van der Waals surface area contributed by atoms with Crippen molar-refractivity contribution in [1.29, 1.82) is 0 Å². The fourth-order valence-electron chi connectivity index (χ4n) is 3.61. The lowest BCUT2D eigenvalue weighted by Gasteiger charge is -2.37. The maximum absolute atomic E-state index is 5.45. The highest BCUT2D eigenvalue weighted by molar-refractivity contribution is 5.85. The van der Waals surface area contributed by atoms with E-state index in [-0.39, 0.29) is 12.4 Å². The second kappa shape index (κ2) is 8.81. The molecular formula is C18H26ClN5O2. The molecule has 3 heterocycles. The third-order valence-corrected chi connectivity index (χ3v) is 5.13. The molecule has 0 saturated carbocycles. The lowest BCUT2D eigenvalue weighted by atomic mass is 10.2. The summed E-state index contributed by atoms with van der Waals surface area (Å²) < 4.78 is 10.6. The second-order valence-electron chi connectivity index (χ2n) is 6.70. The van der Waals surface area contributed by atoms with E-state index in [1.807, 2.05) is 24.3 Å². The number of piperazine rings is 1. The van der Waals surface area contributed by atoms with Crippen LogP contribution in [0.15, 0.2) is 28.8 Å². The van der Waals surface area contributed by atoms with Gasteiger partial charge in [0, 0.05) is 44.3 Å². The van der Waals surface area contributed by atoms with E-state index in [2.05, 4.69) is 25.3 Å². The molecule has 0 radical (unpaired) electrons. The summed E-state index contributed by atoms with van der Waals surface area (Å²) in [7, 11) is 1.66. The molecule has 0 aliphatic carbocycles. The minimum atomic E-state index is 0. The first kappa shape index (κ1) is 19.1. The van der Waals surface area contributed by atoms with Gasteiger partial charge in [0.25, 0.3) is 0 Å². The molecule has 0 amide bonds. The largest absolute Gasteiger partial charge is 0.497 e. The van der Waals surface area contributed by atoms with Crippen molar-refractivity contribution >= 4 is 12.4 Å². The molecule has 2 aromatic rings. The standard InChI is InChI=1S/C18H25N5O2.ClH/c1-24-16-4-2-14(3-5-16)18-20-17(25-21-18)13-22-8-10-23(11-9-22)15-6-7-19-12-15;/h2-5,15,19H,6-13H2,1H3;1H. The SMILES string of the molecule is COc1ccc(-c2noc(CN3CCN(C4CCNC4)CC3)n2)cc1.Cl. The number of aromatic nitrogens is 2. The topological polar surface area (TPSA) is 66.7 Å². The van der Waals surface area contributed by atoms with Crippen molar-refractivity contribution in [2.45, 2.75) is 19.0 Å². The number of hydrogen-bond acceptors (Lipinski definition) is 7. The average Bonchev–Trinajstić information content (AvgIpc) is 3.35. The molecule has 0 spiro atoms. The Balaban J connectivity index is 0.00000196. The summed E-state index contributed by atoms with van der Waals surface area (Å²) in [4.78, 5) is 9.54. The first-order valence-electron chi connectivity index (χ1n) is 8.96. The summed E-state index contributed by atoms with van der Waals surface area (Å²) >= 11 is 0. The molecule has 1 unspecified atom stereocenters. The lowest BCUT2D eigenvalue weighted by molar-refractivity contribution is 0.0908. The lowest BCUT2D eigenvalue weighted by Crippen LogP contribution is -2.50. The Morgan fingerprint density at radius 3 is 2.62 bits per heavy atom. The zero-order valence-electron chi connectivity index (χ0n) is 15.1. The predicted octanol–water partition coefficient (Wildman–Crippen LogP) is 1.65. The molecule has 142 valence electrons. The van der Waals surface area contributed by atoms with Gasteiger partial charge >= 0.3 is 0 Å². The van der Waals surface area contributed by atoms with E-state index in [0.717, 1.165) is 57.1 Å². The van der Waals surface area contributed by atoms with Crippen molar-refractivity contribution in [2.75, 3.05) is 46.4 Å². The number of ether oxygens (including phenoxy) is 1. The zero-order valence-corrected chi connectivity index (χ0v) is 15.9. The Labute approximate surface area is 160 Å². The molecule has 2 saturated heterocycles. The van der Waals surface area contributed by atoms with Crippen LogP contribution >= 0.6 is 12.4 Å². The van der Waals surface area contributed by atoms with Crippen molar-refractivity contribution in [3.8, 4) is 17.1 Å². The van der Waals surface area contributed by atoms with Gasteiger partial charge in [-0.15, -0.1) is 12.4 Å². The highest BCUT2D eigenvalue weighted by Crippen LogP contribution is 2.20. The average molecular weight is 380 g/mol. The Morgan fingerprint density at radius 2 is 1.96 bits per heavy atom. The van der Waals surface area contributed by atoms with Gasteiger partial charge in [0.2, 0.25) is 11.7 Å². The number of nitrogens with one attached hydrogen (secondary N) is 1. The van der Waals surface area contributed by atoms with Gasteiger partial charge in [0.05, 0.1) is 13.7 Å². The van der Waals surface area contributed by atoms with Crippen molar-refractivity contribution < 1.29 is 9.26 Å². The van der Waals surface area contributed by atoms with Gasteiger partial charge in [-0.3, -0.25) is 9.80 Å². The van der Waals surface area contributed by atoms with Crippen molar-refractivity contribution in [3.05, 3.63) is 30.2 Å². The van der Waals surface area contributed by atoms with Gasteiger partial charge in [-0.05, 0) is 37.2 Å². The Hall–Kier alpha value is -1.67. The zero-order chi connectivity index (χ0) is 17.1. The fourth-order valence-corrected chi connectivity index (χ4v) is 3.61. The summed E-state index contributed by atoms with van der Waals surface area (Å²) in [5, 5.41) is 7.56. The fraction of sp³-hybridized carbons (Fsp3) is 0.556. The van der Waals surface area contributed by atoms with Crippen LogP contribution in [0.1, 0.15) is 12.3 Å². The van der Waals surface area contributed by atoms with Crippen LogP contribution < -0.4 is 10.1 Å². The number of benzene rings is 1. The number of methoxy groups -OCH3 is 1. The molecule has 8 heteroatoms. The quantitative estimate of drug-likeness (QED) is 0.847. The molecule has 7 nitrogen and oxygen atoms in total. The molecule has 4 rings (SSSR count). The van der Waals surface area contributed by atoms with Gasteiger partial charge < -0.3 is 14.6 Å². The smallest absolute Gasteiger partial charge is 0.241 e. The van der Waals surface area contributed by atoms with Crippen LogP contribution in [0, 0.1) is 0 Å². The van der Waals surface area contributed by atoms with Gasteiger partial charge in [-0.25, -0.2) is 0 Å². The summed E-state index contributed by atoms with van der Waals surface area (Å²) in [6, 6.07) is 8.42. The number of nitrogens with zero attached hydrogens (tertiary/aromatic N) is 4. The summed E-state index contributed by atoms with van der Waals surface area (Å²) in [6.07, 6.45) is 1.27. The van der Waals surface area contributed by atoms with Crippen LogP contribution in [-0.2, 0) is 6.54 Å². The van der Waals surface area contributed by atoms with Crippen LogP contribution in [0.2, 0.25) is 0 Å².